The maximum absolute atomic E-state index is 12.1. The Morgan fingerprint density at radius 2 is 1.66 bits per heavy atom. The Morgan fingerprint density at radius 3 is 2.41 bits per heavy atom. The topological polar surface area (TPSA) is 79.8 Å². The van der Waals surface area contributed by atoms with Gasteiger partial charge in [-0.25, -0.2) is 5.43 Å². The number of benzene rings is 3. The van der Waals surface area contributed by atoms with Gasteiger partial charge in [-0.2, -0.15) is 5.10 Å². The zero-order valence-electron chi connectivity index (χ0n) is 17.7. The van der Waals surface area contributed by atoms with Crippen molar-refractivity contribution in [1.29, 1.82) is 0 Å². The quantitative estimate of drug-likeness (QED) is 0.352. The lowest BCUT2D eigenvalue weighted by Crippen LogP contribution is -2.20. The summed E-state index contributed by atoms with van der Waals surface area (Å²) in [5, 5.41) is 7.27. The maximum Gasteiger partial charge on any atom is 0.240 e. The fourth-order valence-corrected chi connectivity index (χ4v) is 2.98. The molecule has 0 spiro atoms. The third kappa shape index (κ3) is 7.25. The molecule has 6 nitrogen and oxygen atoms in total. The normalized spacial score (nSPS) is 10.7. The number of ether oxygens (including phenoxy) is 1. The molecule has 164 valence electrons. The monoisotopic (exact) mass is 449 g/mol. The van der Waals surface area contributed by atoms with Crippen molar-refractivity contribution >= 4 is 35.3 Å². The number of carbonyl (C=O) groups is 2. The molecule has 32 heavy (non-hydrogen) atoms. The Labute approximate surface area is 192 Å². The molecule has 0 aromatic heterocycles. The second kappa shape index (κ2) is 11.7. The van der Waals surface area contributed by atoms with Gasteiger partial charge in [0.2, 0.25) is 11.8 Å². The van der Waals surface area contributed by atoms with Gasteiger partial charge in [-0.05, 0) is 60.0 Å². The lowest BCUT2D eigenvalue weighted by Gasteiger charge is -2.09. The zero-order chi connectivity index (χ0) is 22.8. The van der Waals surface area contributed by atoms with Crippen LogP contribution in [0.1, 0.15) is 29.5 Å². The molecular weight excluding hydrogens is 426 g/mol. The SMILES string of the molecule is Cc1c(Cl)cccc1NC(=O)CCC(=O)N/N=C/c1ccc(OCc2ccccc2)cc1. The number of hydrogen-bond donors (Lipinski definition) is 2. The number of halogens is 1. The molecule has 0 aliphatic rings. The molecule has 2 N–H and O–H groups in total. The zero-order valence-corrected chi connectivity index (χ0v) is 18.4. The highest BCUT2D eigenvalue weighted by atomic mass is 35.5. The van der Waals surface area contributed by atoms with E-state index in [1.165, 1.54) is 6.21 Å². The molecule has 0 fully saturated rings. The molecule has 0 saturated carbocycles. The van der Waals surface area contributed by atoms with Gasteiger partial charge in [0, 0.05) is 23.6 Å². The number of nitrogens with zero attached hydrogens (tertiary/aromatic N) is 1. The minimum Gasteiger partial charge on any atom is -0.489 e. The number of hydrogen-bond acceptors (Lipinski definition) is 4. The standard InChI is InChI=1S/C25H24ClN3O3/c1-18-22(26)8-5-9-23(18)28-24(30)14-15-25(31)29-27-16-19-10-12-21(13-11-19)32-17-20-6-3-2-4-7-20/h2-13,16H,14-15,17H2,1H3,(H,28,30)(H,29,31)/b27-16+. The molecule has 2 amide bonds. The fourth-order valence-electron chi connectivity index (χ4n) is 2.81. The summed E-state index contributed by atoms with van der Waals surface area (Å²) in [4.78, 5) is 24.0. The van der Waals surface area contributed by atoms with E-state index in [9.17, 15) is 9.59 Å². The van der Waals surface area contributed by atoms with Crippen molar-refractivity contribution < 1.29 is 14.3 Å². The molecule has 3 rings (SSSR count). The average Bonchev–Trinajstić information content (AvgIpc) is 2.81. The summed E-state index contributed by atoms with van der Waals surface area (Å²) in [6, 6.07) is 22.6. The molecule has 0 aliphatic heterocycles. The minimum absolute atomic E-state index is 0.0229. The second-order valence-corrected chi connectivity index (χ2v) is 7.50. The Hall–Kier alpha value is -3.64. The molecule has 3 aromatic rings. The smallest absolute Gasteiger partial charge is 0.240 e. The molecule has 7 heteroatoms. The minimum atomic E-state index is -0.345. The van der Waals surface area contributed by atoms with Crippen LogP contribution in [0.4, 0.5) is 5.69 Å². The number of anilines is 1. The average molecular weight is 450 g/mol. The molecule has 0 aliphatic carbocycles. The van der Waals surface area contributed by atoms with Crippen LogP contribution in [0.2, 0.25) is 5.02 Å². The van der Waals surface area contributed by atoms with Crippen molar-refractivity contribution in [3.8, 4) is 5.75 Å². The van der Waals surface area contributed by atoms with Crippen molar-refractivity contribution in [2.45, 2.75) is 26.4 Å². The van der Waals surface area contributed by atoms with Crippen LogP contribution in [0.3, 0.4) is 0 Å². The maximum atomic E-state index is 12.1. The van der Waals surface area contributed by atoms with Crippen molar-refractivity contribution in [2.24, 2.45) is 5.10 Å². The van der Waals surface area contributed by atoms with Crippen LogP contribution in [-0.2, 0) is 16.2 Å². The second-order valence-electron chi connectivity index (χ2n) is 7.10. The van der Waals surface area contributed by atoms with Crippen LogP contribution >= 0.6 is 11.6 Å². The summed E-state index contributed by atoms with van der Waals surface area (Å²) in [6.07, 6.45) is 1.60. The summed E-state index contributed by atoms with van der Waals surface area (Å²) >= 11 is 6.04. The number of nitrogens with one attached hydrogen (secondary N) is 2. The Bertz CT molecular complexity index is 1080. The van der Waals surface area contributed by atoms with Crippen LogP contribution in [0.25, 0.3) is 0 Å². The number of carbonyl (C=O) groups excluding carboxylic acids is 2. The van der Waals surface area contributed by atoms with E-state index < -0.39 is 0 Å². The molecule has 0 heterocycles. The van der Waals surface area contributed by atoms with Crippen LogP contribution in [0.5, 0.6) is 5.75 Å². The molecular formula is C25H24ClN3O3. The van der Waals surface area contributed by atoms with Gasteiger partial charge in [0.15, 0.2) is 0 Å². The van der Waals surface area contributed by atoms with Crippen LogP contribution in [0.15, 0.2) is 77.9 Å². The summed E-state index contributed by atoms with van der Waals surface area (Å²) in [7, 11) is 0. The molecule has 0 radical (unpaired) electrons. The molecule has 0 unspecified atom stereocenters. The highest BCUT2D eigenvalue weighted by Gasteiger charge is 2.09. The number of hydrazone groups is 1. The summed E-state index contributed by atoms with van der Waals surface area (Å²) in [5.74, 6) is 0.138. The van der Waals surface area contributed by atoms with E-state index >= 15 is 0 Å². The lowest BCUT2D eigenvalue weighted by atomic mass is 10.2. The first-order valence-corrected chi connectivity index (χ1v) is 10.5. The van der Waals surface area contributed by atoms with Gasteiger partial charge in [-0.15, -0.1) is 0 Å². The first-order chi connectivity index (χ1) is 15.5. The van der Waals surface area contributed by atoms with Crippen LogP contribution in [0, 0.1) is 6.92 Å². The van der Waals surface area contributed by atoms with Gasteiger partial charge in [0.1, 0.15) is 12.4 Å². The van der Waals surface area contributed by atoms with Gasteiger partial charge in [-0.3, -0.25) is 9.59 Å². The predicted molar refractivity (Wildman–Crippen MR) is 127 cm³/mol. The number of amides is 2. The van der Waals surface area contributed by atoms with Gasteiger partial charge in [-0.1, -0.05) is 48.0 Å². The third-order valence-electron chi connectivity index (χ3n) is 4.65. The Balaban J connectivity index is 1.39. The Morgan fingerprint density at radius 1 is 0.938 bits per heavy atom. The van der Waals surface area contributed by atoms with Crippen LogP contribution < -0.4 is 15.5 Å². The van der Waals surface area contributed by atoms with Crippen molar-refractivity contribution in [2.75, 3.05) is 5.32 Å². The number of rotatable bonds is 9. The Kier molecular flexibility index (Phi) is 8.40. The summed E-state index contributed by atoms with van der Waals surface area (Å²) < 4.78 is 5.74. The van der Waals surface area contributed by atoms with Crippen molar-refractivity contribution in [3.05, 3.63) is 94.5 Å². The first-order valence-electron chi connectivity index (χ1n) is 10.1. The largest absolute Gasteiger partial charge is 0.489 e. The molecule has 3 aromatic carbocycles. The molecule has 0 bridgehead atoms. The van der Waals surface area contributed by atoms with Crippen LogP contribution in [-0.4, -0.2) is 18.0 Å². The summed E-state index contributed by atoms with van der Waals surface area (Å²) in [5.41, 5.74) is 5.76. The first kappa shape index (κ1) is 23.0. The van der Waals surface area contributed by atoms with E-state index in [1.54, 1.807) is 18.2 Å². The van der Waals surface area contributed by atoms with Gasteiger partial charge >= 0.3 is 0 Å². The van der Waals surface area contributed by atoms with Crippen molar-refractivity contribution in [3.63, 3.8) is 0 Å². The fraction of sp³-hybridized carbons (Fsp3) is 0.160. The van der Waals surface area contributed by atoms with E-state index in [4.69, 9.17) is 16.3 Å². The van der Waals surface area contributed by atoms with Crippen molar-refractivity contribution in [1.82, 2.24) is 5.43 Å². The van der Waals surface area contributed by atoms with Gasteiger partial charge in [0.25, 0.3) is 0 Å². The van der Waals surface area contributed by atoms with E-state index in [0.29, 0.717) is 17.3 Å². The molecule has 0 atom stereocenters. The highest BCUT2D eigenvalue weighted by Crippen LogP contribution is 2.23. The van der Waals surface area contributed by atoms with Gasteiger partial charge in [0.05, 0.1) is 6.21 Å². The van der Waals surface area contributed by atoms with Gasteiger partial charge < -0.3 is 10.1 Å². The van der Waals surface area contributed by atoms with E-state index in [-0.39, 0.29) is 24.7 Å². The lowest BCUT2D eigenvalue weighted by molar-refractivity contribution is -0.124. The molecule has 0 saturated heterocycles. The van der Waals surface area contributed by atoms with E-state index in [0.717, 1.165) is 22.4 Å². The highest BCUT2D eigenvalue weighted by molar-refractivity contribution is 6.31. The van der Waals surface area contributed by atoms with E-state index in [2.05, 4.69) is 15.8 Å². The predicted octanol–water partition coefficient (Wildman–Crippen LogP) is 5.10. The van der Waals surface area contributed by atoms with E-state index in [1.807, 2.05) is 61.5 Å². The third-order valence-corrected chi connectivity index (χ3v) is 5.06. The summed E-state index contributed by atoms with van der Waals surface area (Å²) in [6.45, 7) is 2.32.